The van der Waals surface area contributed by atoms with Crippen molar-refractivity contribution < 1.29 is 0 Å². The van der Waals surface area contributed by atoms with Crippen LogP contribution in [-0.4, -0.2) is 5.84 Å². The number of nitrogens with zero attached hydrogens (tertiary/aromatic N) is 1. The molecule has 296 valence electrons. The molecule has 2 nitrogen and oxygen atoms in total. The van der Waals surface area contributed by atoms with Crippen molar-refractivity contribution in [3.8, 4) is 33.4 Å². The first-order valence-electron chi connectivity index (χ1n) is 21.9. The van der Waals surface area contributed by atoms with Crippen molar-refractivity contribution in [2.75, 3.05) is 0 Å². The maximum Gasteiger partial charge on any atom is 0.134 e. The van der Waals surface area contributed by atoms with Crippen LogP contribution >= 0.6 is 0 Å². The number of rotatable bonds is 8. The number of amidine groups is 1. The molecule has 0 radical (unpaired) electrons. The van der Waals surface area contributed by atoms with E-state index in [2.05, 4.69) is 225 Å². The Morgan fingerprint density at radius 3 is 1.50 bits per heavy atom. The molecular formula is C60H46N2. The number of hydrogen-bond donors (Lipinski definition) is 1. The highest BCUT2D eigenvalue weighted by molar-refractivity contribution is 6.16. The van der Waals surface area contributed by atoms with Crippen molar-refractivity contribution >= 4 is 54.6 Å². The lowest BCUT2D eigenvalue weighted by Crippen LogP contribution is -2.31. The van der Waals surface area contributed by atoms with Crippen molar-refractivity contribution in [3.05, 3.63) is 234 Å². The van der Waals surface area contributed by atoms with Gasteiger partial charge in [-0.2, -0.15) is 0 Å². The van der Waals surface area contributed by atoms with Gasteiger partial charge in [0.15, 0.2) is 0 Å². The van der Waals surface area contributed by atoms with Crippen LogP contribution in [0.25, 0.3) is 82.2 Å². The minimum Gasteiger partial charge on any atom is -0.359 e. The molecule has 11 rings (SSSR count). The lowest BCUT2D eigenvalue weighted by Gasteiger charge is -2.26. The van der Waals surface area contributed by atoms with Gasteiger partial charge in [0.1, 0.15) is 5.84 Å². The van der Waals surface area contributed by atoms with Crippen LogP contribution in [0.1, 0.15) is 47.7 Å². The van der Waals surface area contributed by atoms with E-state index < -0.39 is 0 Å². The molecule has 0 bridgehead atoms. The number of fused-ring (bicyclic) bond motifs is 6. The second kappa shape index (κ2) is 15.8. The number of aryl methyl sites for hydroxylation is 2. The van der Waals surface area contributed by atoms with Gasteiger partial charge in [-0.3, -0.25) is 0 Å². The van der Waals surface area contributed by atoms with Gasteiger partial charge in [0.05, 0.1) is 11.7 Å². The van der Waals surface area contributed by atoms with Crippen LogP contribution < -0.4 is 5.32 Å². The molecule has 1 unspecified atom stereocenters. The number of nitrogens with one attached hydrogen (secondary N) is 1. The molecule has 1 atom stereocenters. The topological polar surface area (TPSA) is 24.4 Å². The third-order valence-corrected chi connectivity index (χ3v) is 12.8. The van der Waals surface area contributed by atoms with E-state index in [0.29, 0.717) is 0 Å². The number of hydrogen-bond acceptors (Lipinski definition) is 2. The van der Waals surface area contributed by atoms with E-state index >= 15 is 0 Å². The molecule has 1 heterocycles. The van der Waals surface area contributed by atoms with E-state index in [1.54, 1.807) is 0 Å². The second-order valence-corrected chi connectivity index (χ2v) is 16.5. The summed E-state index contributed by atoms with van der Waals surface area (Å²) in [7, 11) is 0. The van der Waals surface area contributed by atoms with E-state index in [1.165, 1.54) is 82.0 Å². The largest absolute Gasteiger partial charge is 0.359 e. The van der Waals surface area contributed by atoms with Crippen molar-refractivity contribution in [1.82, 2.24) is 5.32 Å². The van der Waals surface area contributed by atoms with Crippen molar-refractivity contribution in [2.45, 2.75) is 32.7 Å². The Morgan fingerprint density at radius 1 is 0.387 bits per heavy atom. The lowest BCUT2D eigenvalue weighted by atomic mass is 9.87. The molecule has 1 aliphatic rings. The van der Waals surface area contributed by atoms with Crippen molar-refractivity contribution in [2.24, 2.45) is 4.99 Å². The Kier molecular flexibility index (Phi) is 9.55. The van der Waals surface area contributed by atoms with Gasteiger partial charge in [-0.1, -0.05) is 184 Å². The fourth-order valence-electron chi connectivity index (χ4n) is 9.75. The Hall–Kier alpha value is -7.55. The molecule has 62 heavy (non-hydrogen) atoms. The average molecular weight is 795 g/mol. The fourth-order valence-corrected chi connectivity index (χ4v) is 9.75. The highest BCUT2D eigenvalue weighted by Gasteiger charge is 2.23. The molecule has 2 heteroatoms. The summed E-state index contributed by atoms with van der Waals surface area (Å²) in [5, 5.41) is 13.8. The summed E-state index contributed by atoms with van der Waals surface area (Å²) in [6.07, 6.45) is 4.27. The van der Waals surface area contributed by atoms with Gasteiger partial charge in [0.2, 0.25) is 0 Å². The Balaban J connectivity index is 1.15. The van der Waals surface area contributed by atoms with E-state index in [9.17, 15) is 0 Å². The van der Waals surface area contributed by atoms with Gasteiger partial charge in [0, 0.05) is 11.1 Å². The van der Waals surface area contributed by atoms with Gasteiger partial charge >= 0.3 is 0 Å². The van der Waals surface area contributed by atoms with E-state index in [4.69, 9.17) is 4.99 Å². The first-order chi connectivity index (χ1) is 30.6. The van der Waals surface area contributed by atoms with E-state index in [0.717, 1.165) is 46.6 Å². The van der Waals surface area contributed by atoms with Crippen LogP contribution in [0.5, 0.6) is 0 Å². The summed E-state index contributed by atoms with van der Waals surface area (Å²) in [5.74, 6) is 0.866. The second-order valence-electron chi connectivity index (χ2n) is 16.5. The molecule has 1 N–H and O–H groups in total. The smallest absolute Gasteiger partial charge is 0.134 e. The van der Waals surface area contributed by atoms with E-state index in [-0.39, 0.29) is 6.04 Å². The summed E-state index contributed by atoms with van der Waals surface area (Å²) in [6, 6.07) is 73.4. The van der Waals surface area contributed by atoms with Crippen LogP contribution in [0, 0.1) is 0 Å². The summed E-state index contributed by atoms with van der Waals surface area (Å²) < 4.78 is 0. The van der Waals surface area contributed by atoms with Crippen LogP contribution in [-0.2, 0) is 12.8 Å². The zero-order chi connectivity index (χ0) is 41.6. The molecule has 0 saturated heterocycles. The Morgan fingerprint density at radius 2 is 0.887 bits per heavy atom. The van der Waals surface area contributed by atoms with Gasteiger partial charge in [-0.25, -0.2) is 4.99 Å². The van der Waals surface area contributed by atoms with Crippen LogP contribution in [0.3, 0.4) is 0 Å². The molecule has 0 aromatic heterocycles. The molecule has 10 aromatic rings. The van der Waals surface area contributed by atoms with Gasteiger partial charge in [0.25, 0.3) is 0 Å². The zero-order valence-electron chi connectivity index (χ0n) is 35.1. The Labute approximate surface area is 363 Å². The molecule has 0 spiro atoms. The highest BCUT2D eigenvalue weighted by atomic mass is 15.0. The van der Waals surface area contributed by atoms with Gasteiger partial charge in [-0.05, 0) is 142 Å². The monoisotopic (exact) mass is 794 g/mol. The molecule has 0 fully saturated rings. The van der Waals surface area contributed by atoms with Crippen LogP contribution in [0.4, 0.5) is 0 Å². The first-order valence-corrected chi connectivity index (χ1v) is 21.9. The normalized spacial score (nSPS) is 13.9. The molecule has 0 saturated carbocycles. The van der Waals surface area contributed by atoms with E-state index in [1.807, 2.05) is 0 Å². The fraction of sp³-hybridized carbons (Fsp3) is 0.0833. The molecule has 0 aliphatic carbocycles. The Bertz CT molecular complexity index is 3270. The zero-order valence-corrected chi connectivity index (χ0v) is 35.1. The maximum atomic E-state index is 5.49. The number of aliphatic imine (C=N–C) groups is 1. The third kappa shape index (κ3) is 6.65. The summed E-state index contributed by atoms with van der Waals surface area (Å²) >= 11 is 0. The predicted octanol–water partition coefficient (Wildman–Crippen LogP) is 15.6. The first kappa shape index (κ1) is 37.4. The molecular weight excluding hydrogens is 749 g/mol. The highest BCUT2D eigenvalue weighted by Crippen LogP contribution is 2.42. The van der Waals surface area contributed by atoms with Crippen molar-refractivity contribution in [1.29, 1.82) is 0 Å². The average Bonchev–Trinajstić information content (AvgIpc) is 3.35. The minimum absolute atomic E-state index is 0.103. The summed E-state index contributed by atoms with van der Waals surface area (Å²) in [5.41, 5.74) is 14.4. The standard InChI is InChI=1S/C60H46N2/c1-3-39-18-8-11-23-48(39)51-31-30-44(32-40(51)4-2)58-38-59(62-60(61-58)41-19-6-5-7-20-41)47-34-45(56-36-42-21-9-12-24-49(42)52-26-14-16-28-54(52)56)33-46(35-47)57-37-43-22-10-13-25-50(43)53-27-15-17-29-55(53)57/h5-38,58H,3-4H2,1-2H3,(H,61,62). The summed E-state index contributed by atoms with van der Waals surface area (Å²) in [4.78, 5) is 5.49. The van der Waals surface area contributed by atoms with Gasteiger partial charge < -0.3 is 5.32 Å². The lowest BCUT2D eigenvalue weighted by molar-refractivity contribution is 0.779. The SMILES string of the molecule is CCc1ccccc1-c1ccc(C2C=C(c3cc(-c4cc5ccccc5c5ccccc45)cc(-c4cc5ccccc5c5ccccc45)c3)N=C(c3ccccc3)N2)cc1CC. The quantitative estimate of drug-likeness (QED) is 0.152. The molecule has 10 aromatic carbocycles. The molecule has 0 amide bonds. The maximum absolute atomic E-state index is 5.49. The molecule has 1 aliphatic heterocycles. The van der Waals surface area contributed by atoms with Gasteiger partial charge in [-0.15, -0.1) is 0 Å². The summed E-state index contributed by atoms with van der Waals surface area (Å²) in [6.45, 7) is 4.51. The minimum atomic E-state index is -0.103. The third-order valence-electron chi connectivity index (χ3n) is 12.8. The number of benzene rings is 10. The van der Waals surface area contributed by atoms with Crippen molar-refractivity contribution in [3.63, 3.8) is 0 Å². The van der Waals surface area contributed by atoms with Crippen LogP contribution in [0.15, 0.2) is 211 Å². The van der Waals surface area contributed by atoms with Crippen LogP contribution in [0.2, 0.25) is 0 Å². The predicted molar refractivity (Wildman–Crippen MR) is 265 cm³/mol.